The highest BCUT2D eigenvalue weighted by molar-refractivity contribution is 8.00. The highest BCUT2D eigenvalue weighted by Crippen LogP contribution is 2.31. The molecule has 1 unspecified atom stereocenters. The van der Waals surface area contributed by atoms with Crippen molar-refractivity contribution in [3.05, 3.63) is 76.6 Å². The van der Waals surface area contributed by atoms with E-state index in [-0.39, 0.29) is 24.2 Å². The van der Waals surface area contributed by atoms with E-state index in [1.54, 1.807) is 12.1 Å². The second-order valence-corrected chi connectivity index (χ2v) is 9.20. The van der Waals surface area contributed by atoms with E-state index in [0.717, 1.165) is 27.8 Å². The van der Waals surface area contributed by atoms with Crippen molar-refractivity contribution in [3.8, 4) is 11.5 Å². The number of Topliss-reactive ketones (excluding diaryl/α,β-unsaturated/α-hetero) is 1. The van der Waals surface area contributed by atoms with Gasteiger partial charge in [-0.25, -0.2) is 0 Å². The van der Waals surface area contributed by atoms with Crippen LogP contribution in [0.1, 0.15) is 21.7 Å². The molecule has 4 rings (SSSR count). The van der Waals surface area contributed by atoms with Crippen molar-refractivity contribution in [1.29, 1.82) is 0 Å². The standard InChI is InChI=1S/C25H24ClNO5S/c1-16-11-21(22(28)14-31-25(29)15-33-20-9-7-18(26)8-10-20)17(2)27(16)12-19-13-30-23-5-3-4-6-24(23)32-19/h3-11,19H,12-15H2,1-2H3. The van der Waals surface area contributed by atoms with Crippen molar-refractivity contribution in [2.75, 3.05) is 19.0 Å². The van der Waals surface area contributed by atoms with Crippen LogP contribution in [0.25, 0.3) is 0 Å². The Kier molecular flexibility index (Phi) is 7.30. The van der Waals surface area contributed by atoms with Crippen LogP contribution in [0, 0.1) is 13.8 Å². The Hall–Kier alpha value is -2.90. The Morgan fingerprint density at radius 2 is 1.85 bits per heavy atom. The van der Waals surface area contributed by atoms with E-state index in [2.05, 4.69) is 0 Å². The predicted octanol–water partition coefficient (Wildman–Crippen LogP) is 5.12. The quantitative estimate of drug-likeness (QED) is 0.251. The Bertz CT molecular complexity index is 1160. The van der Waals surface area contributed by atoms with Gasteiger partial charge in [0.05, 0.1) is 12.3 Å². The zero-order chi connectivity index (χ0) is 23.4. The van der Waals surface area contributed by atoms with E-state index in [1.165, 1.54) is 11.8 Å². The third kappa shape index (κ3) is 5.72. The zero-order valence-corrected chi connectivity index (χ0v) is 19.9. The largest absolute Gasteiger partial charge is 0.486 e. The highest BCUT2D eigenvalue weighted by atomic mass is 35.5. The van der Waals surface area contributed by atoms with Crippen molar-refractivity contribution in [2.24, 2.45) is 0 Å². The first-order valence-electron chi connectivity index (χ1n) is 10.5. The minimum Gasteiger partial charge on any atom is -0.486 e. The molecular formula is C25H24ClNO5S. The zero-order valence-electron chi connectivity index (χ0n) is 18.4. The first-order valence-corrected chi connectivity index (χ1v) is 11.9. The molecule has 1 aliphatic rings. The molecule has 6 nitrogen and oxygen atoms in total. The second-order valence-electron chi connectivity index (χ2n) is 7.72. The number of carbonyl (C=O) groups excluding carboxylic acids is 2. The van der Waals surface area contributed by atoms with Gasteiger partial charge in [-0.2, -0.15) is 0 Å². The van der Waals surface area contributed by atoms with E-state index in [9.17, 15) is 9.59 Å². The van der Waals surface area contributed by atoms with Gasteiger partial charge in [-0.3, -0.25) is 9.59 Å². The summed E-state index contributed by atoms with van der Waals surface area (Å²) in [6, 6.07) is 16.6. The van der Waals surface area contributed by atoms with Gasteiger partial charge in [0.2, 0.25) is 5.78 Å². The first kappa shape index (κ1) is 23.3. The number of halogens is 1. The molecule has 172 valence electrons. The third-order valence-corrected chi connectivity index (χ3v) is 6.60. The summed E-state index contributed by atoms with van der Waals surface area (Å²) in [5.41, 5.74) is 2.29. The summed E-state index contributed by atoms with van der Waals surface area (Å²) < 4.78 is 19.1. The SMILES string of the molecule is Cc1cc(C(=O)COC(=O)CSc2ccc(Cl)cc2)c(C)n1CC1COc2ccccc2O1. The minimum absolute atomic E-state index is 0.119. The van der Waals surface area contributed by atoms with E-state index >= 15 is 0 Å². The monoisotopic (exact) mass is 485 g/mol. The number of aryl methyl sites for hydroxylation is 1. The van der Waals surface area contributed by atoms with Crippen LogP contribution in [-0.2, 0) is 16.1 Å². The Morgan fingerprint density at radius 3 is 2.61 bits per heavy atom. The number of thioether (sulfide) groups is 1. The fraction of sp³-hybridized carbons (Fsp3) is 0.280. The molecule has 8 heteroatoms. The fourth-order valence-corrected chi connectivity index (χ4v) is 4.48. The Balaban J connectivity index is 1.32. The van der Waals surface area contributed by atoms with Gasteiger partial charge in [0.1, 0.15) is 6.61 Å². The molecule has 0 saturated heterocycles. The number of ketones is 1. The van der Waals surface area contributed by atoms with Crippen LogP contribution in [0.5, 0.6) is 11.5 Å². The Morgan fingerprint density at radius 1 is 1.12 bits per heavy atom. The van der Waals surface area contributed by atoms with E-state index in [0.29, 0.717) is 23.7 Å². The average Bonchev–Trinajstić information content (AvgIpc) is 3.10. The number of esters is 1. The van der Waals surface area contributed by atoms with Gasteiger partial charge in [0.15, 0.2) is 24.2 Å². The number of nitrogens with zero attached hydrogens (tertiary/aromatic N) is 1. The van der Waals surface area contributed by atoms with Gasteiger partial charge >= 0.3 is 5.97 Å². The van der Waals surface area contributed by atoms with Gasteiger partial charge in [0, 0.05) is 26.9 Å². The number of ether oxygens (including phenoxy) is 3. The molecule has 0 spiro atoms. The van der Waals surface area contributed by atoms with Gasteiger partial charge in [-0.1, -0.05) is 23.7 Å². The molecule has 0 radical (unpaired) electrons. The lowest BCUT2D eigenvalue weighted by Crippen LogP contribution is -2.33. The van der Waals surface area contributed by atoms with Gasteiger partial charge < -0.3 is 18.8 Å². The van der Waals surface area contributed by atoms with Gasteiger partial charge in [-0.05, 0) is 56.3 Å². The van der Waals surface area contributed by atoms with Crippen molar-refractivity contribution < 1.29 is 23.8 Å². The number of rotatable bonds is 8. The number of aromatic nitrogens is 1. The summed E-state index contributed by atoms with van der Waals surface area (Å²) in [6.45, 7) is 4.52. The smallest absolute Gasteiger partial charge is 0.316 e. The number of hydrogen-bond acceptors (Lipinski definition) is 6. The van der Waals surface area contributed by atoms with Crippen LogP contribution < -0.4 is 9.47 Å². The van der Waals surface area contributed by atoms with Crippen molar-refractivity contribution >= 4 is 35.1 Å². The van der Waals surface area contributed by atoms with Gasteiger partial charge in [0.25, 0.3) is 0 Å². The molecule has 0 fully saturated rings. The van der Waals surface area contributed by atoms with Crippen molar-refractivity contribution in [1.82, 2.24) is 4.57 Å². The van der Waals surface area contributed by atoms with Crippen LogP contribution >= 0.6 is 23.4 Å². The average molecular weight is 486 g/mol. The minimum atomic E-state index is -0.441. The number of hydrogen-bond donors (Lipinski definition) is 0. The second kappa shape index (κ2) is 10.4. The first-order chi connectivity index (χ1) is 15.9. The number of para-hydroxylation sites is 2. The summed E-state index contributed by atoms with van der Waals surface area (Å²) in [4.78, 5) is 25.7. The number of benzene rings is 2. The van der Waals surface area contributed by atoms with Crippen LogP contribution in [0.15, 0.2) is 59.5 Å². The maximum Gasteiger partial charge on any atom is 0.316 e. The predicted molar refractivity (Wildman–Crippen MR) is 128 cm³/mol. The molecule has 1 aromatic heterocycles. The maximum atomic E-state index is 12.7. The van der Waals surface area contributed by atoms with Crippen LogP contribution in [0.3, 0.4) is 0 Å². The van der Waals surface area contributed by atoms with Crippen LogP contribution in [0.4, 0.5) is 0 Å². The maximum absolute atomic E-state index is 12.7. The van der Waals surface area contributed by atoms with Gasteiger partial charge in [-0.15, -0.1) is 11.8 Å². The summed E-state index contributed by atoms with van der Waals surface area (Å²) in [5, 5.41) is 0.637. The van der Waals surface area contributed by atoms with Crippen LogP contribution in [-0.4, -0.2) is 41.4 Å². The molecule has 2 aromatic carbocycles. The number of fused-ring (bicyclic) bond motifs is 1. The molecule has 33 heavy (non-hydrogen) atoms. The summed E-state index contributed by atoms with van der Waals surface area (Å²) in [6.07, 6.45) is -0.171. The lowest BCUT2D eigenvalue weighted by atomic mass is 10.1. The van der Waals surface area contributed by atoms with E-state index < -0.39 is 5.97 Å². The molecule has 0 amide bonds. The summed E-state index contributed by atoms with van der Waals surface area (Å²) in [5.74, 6) is 0.903. The Labute approximate surface area is 201 Å². The van der Waals surface area contributed by atoms with Crippen molar-refractivity contribution in [2.45, 2.75) is 31.4 Å². The highest BCUT2D eigenvalue weighted by Gasteiger charge is 2.24. The van der Waals surface area contributed by atoms with Crippen molar-refractivity contribution in [3.63, 3.8) is 0 Å². The molecule has 3 aromatic rings. The lowest BCUT2D eigenvalue weighted by molar-refractivity contribution is -0.139. The molecule has 0 N–H and O–H groups in total. The molecule has 0 saturated carbocycles. The molecule has 1 aliphatic heterocycles. The topological polar surface area (TPSA) is 66.8 Å². The number of carbonyl (C=O) groups is 2. The molecular weight excluding hydrogens is 462 g/mol. The molecule has 0 bridgehead atoms. The molecule has 0 aliphatic carbocycles. The van der Waals surface area contributed by atoms with Crippen LogP contribution in [0.2, 0.25) is 5.02 Å². The molecule has 1 atom stereocenters. The summed E-state index contributed by atoms with van der Waals surface area (Å²) in [7, 11) is 0. The van der Waals surface area contributed by atoms with E-state index in [1.807, 2.05) is 60.9 Å². The lowest BCUT2D eigenvalue weighted by Gasteiger charge is -2.27. The fourth-order valence-electron chi connectivity index (χ4n) is 3.66. The van der Waals surface area contributed by atoms with E-state index in [4.69, 9.17) is 25.8 Å². The normalized spacial score (nSPS) is 14.7. The summed E-state index contributed by atoms with van der Waals surface area (Å²) >= 11 is 7.20. The third-order valence-electron chi connectivity index (χ3n) is 5.36. The molecule has 2 heterocycles.